The number of rotatable bonds is 4. The molecule has 4 heteroatoms. The summed E-state index contributed by atoms with van der Waals surface area (Å²) in [6.45, 7) is 2.90. The highest BCUT2D eigenvalue weighted by atomic mass is 79.9. The third-order valence-corrected chi connectivity index (χ3v) is 3.44. The first-order valence-electron chi connectivity index (χ1n) is 6.25. The Labute approximate surface area is 119 Å². The van der Waals surface area contributed by atoms with E-state index >= 15 is 0 Å². The van der Waals surface area contributed by atoms with Crippen molar-refractivity contribution in [3.8, 4) is 0 Å². The highest BCUT2D eigenvalue weighted by Gasteiger charge is 2.20. The fourth-order valence-electron chi connectivity index (χ4n) is 2.17. The smallest absolute Gasteiger partial charge is 0.169 e. The number of hydrogen-bond donors (Lipinski definition) is 1. The quantitative estimate of drug-likeness (QED) is 0.770. The average Bonchev–Trinajstić information content (AvgIpc) is 3.01. The molecular weight excluding hydrogens is 306 g/mol. The number of benzene rings is 1. The molecule has 0 aliphatic heterocycles. The van der Waals surface area contributed by atoms with Crippen molar-refractivity contribution in [2.75, 3.05) is 6.54 Å². The summed E-state index contributed by atoms with van der Waals surface area (Å²) in [5.41, 5.74) is 0.894. The lowest BCUT2D eigenvalue weighted by atomic mass is 10.1. The van der Waals surface area contributed by atoms with Crippen LogP contribution < -0.4 is 5.32 Å². The van der Waals surface area contributed by atoms with Crippen molar-refractivity contribution in [3.63, 3.8) is 0 Å². The zero-order valence-corrected chi connectivity index (χ0v) is 12.1. The lowest BCUT2D eigenvalue weighted by Crippen LogP contribution is -2.20. The molecule has 2 heterocycles. The van der Waals surface area contributed by atoms with E-state index in [1.54, 1.807) is 0 Å². The maximum Gasteiger partial charge on any atom is 0.169 e. The summed E-state index contributed by atoms with van der Waals surface area (Å²) in [4.78, 5) is 0. The van der Waals surface area contributed by atoms with Crippen LogP contribution in [0, 0.1) is 0 Å². The maximum absolute atomic E-state index is 5.91. The van der Waals surface area contributed by atoms with Gasteiger partial charge < -0.3 is 14.2 Å². The first kappa shape index (κ1) is 12.5. The lowest BCUT2D eigenvalue weighted by molar-refractivity contribution is 0.395. The zero-order valence-electron chi connectivity index (χ0n) is 10.5. The fraction of sp³-hybridized carbons (Fsp3) is 0.200. The largest absolute Gasteiger partial charge is 0.459 e. The molecule has 1 atom stereocenters. The van der Waals surface area contributed by atoms with Gasteiger partial charge in [-0.15, -0.1) is 0 Å². The molecular formula is C15H14BrNO2. The van der Waals surface area contributed by atoms with Crippen LogP contribution >= 0.6 is 15.9 Å². The molecule has 3 nitrogen and oxygen atoms in total. The van der Waals surface area contributed by atoms with Crippen molar-refractivity contribution in [2.45, 2.75) is 13.0 Å². The van der Waals surface area contributed by atoms with Gasteiger partial charge in [-0.3, -0.25) is 0 Å². The molecule has 0 aliphatic rings. The lowest BCUT2D eigenvalue weighted by Gasteiger charge is -2.12. The molecule has 0 radical (unpaired) electrons. The van der Waals surface area contributed by atoms with Gasteiger partial charge >= 0.3 is 0 Å². The van der Waals surface area contributed by atoms with E-state index in [0.29, 0.717) is 0 Å². The van der Waals surface area contributed by atoms with Crippen LogP contribution in [0.1, 0.15) is 24.5 Å². The molecule has 1 N–H and O–H groups in total. The Morgan fingerprint density at radius 1 is 1.11 bits per heavy atom. The minimum atomic E-state index is -0.0660. The number of para-hydroxylation sites is 1. The van der Waals surface area contributed by atoms with Crippen LogP contribution in [0.3, 0.4) is 0 Å². The molecule has 3 rings (SSSR count). The number of halogens is 1. The van der Waals surface area contributed by atoms with E-state index in [0.717, 1.165) is 33.7 Å². The Morgan fingerprint density at radius 3 is 2.63 bits per heavy atom. The predicted octanol–water partition coefficient (Wildman–Crippen LogP) is 4.49. The molecule has 0 spiro atoms. The van der Waals surface area contributed by atoms with Crippen molar-refractivity contribution >= 4 is 26.9 Å². The van der Waals surface area contributed by atoms with Crippen LogP contribution in [0.2, 0.25) is 0 Å². The van der Waals surface area contributed by atoms with Gasteiger partial charge in [-0.2, -0.15) is 0 Å². The van der Waals surface area contributed by atoms with Crippen LogP contribution in [-0.2, 0) is 0 Å². The Balaban J connectivity index is 2.03. The summed E-state index contributed by atoms with van der Waals surface area (Å²) in [6.07, 6.45) is 0. The molecule has 0 fully saturated rings. The van der Waals surface area contributed by atoms with Crippen LogP contribution in [-0.4, -0.2) is 6.54 Å². The summed E-state index contributed by atoms with van der Waals surface area (Å²) in [5, 5.41) is 4.48. The molecule has 1 aromatic carbocycles. The minimum absolute atomic E-state index is 0.0660. The first-order chi connectivity index (χ1) is 9.28. The zero-order chi connectivity index (χ0) is 13.2. The van der Waals surface area contributed by atoms with E-state index in [1.165, 1.54) is 0 Å². The second-order valence-electron chi connectivity index (χ2n) is 4.32. The van der Waals surface area contributed by atoms with E-state index in [2.05, 4.69) is 34.2 Å². The first-order valence-corrected chi connectivity index (χ1v) is 7.04. The van der Waals surface area contributed by atoms with E-state index in [4.69, 9.17) is 8.83 Å². The molecule has 0 saturated carbocycles. The molecule has 2 aromatic heterocycles. The van der Waals surface area contributed by atoms with Gasteiger partial charge in [0.05, 0.1) is 0 Å². The third-order valence-electron chi connectivity index (χ3n) is 3.02. The highest BCUT2D eigenvalue weighted by molar-refractivity contribution is 9.10. The SMILES string of the molecule is CCNC(c1ccc(Br)o1)c1cc2ccccc2o1. The monoisotopic (exact) mass is 319 g/mol. The third kappa shape index (κ3) is 2.46. The summed E-state index contributed by atoms with van der Waals surface area (Å²) < 4.78 is 12.3. The predicted molar refractivity (Wildman–Crippen MR) is 78.1 cm³/mol. The maximum atomic E-state index is 5.91. The summed E-state index contributed by atoms with van der Waals surface area (Å²) in [5.74, 6) is 1.71. The number of fused-ring (bicyclic) bond motifs is 1. The molecule has 98 valence electrons. The van der Waals surface area contributed by atoms with Gasteiger partial charge in [0.1, 0.15) is 23.1 Å². The second kappa shape index (κ2) is 5.23. The summed E-state index contributed by atoms with van der Waals surface area (Å²) >= 11 is 3.33. The summed E-state index contributed by atoms with van der Waals surface area (Å²) in [7, 11) is 0. The van der Waals surface area contributed by atoms with Crippen molar-refractivity contribution in [1.29, 1.82) is 0 Å². The van der Waals surface area contributed by atoms with Gasteiger partial charge in [0.25, 0.3) is 0 Å². The minimum Gasteiger partial charge on any atom is -0.459 e. The standard InChI is InChI=1S/C15H14BrNO2/c1-2-17-15(12-7-8-14(16)19-12)13-9-10-5-3-4-6-11(10)18-13/h3-9,15,17H,2H2,1H3. The number of hydrogen-bond acceptors (Lipinski definition) is 3. The van der Waals surface area contributed by atoms with Gasteiger partial charge in [-0.1, -0.05) is 25.1 Å². The van der Waals surface area contributed by atoms with Crippen molar-refractivity contribution < 1.29 is 8.83 Å². The fourth-order valence-corrected chi connectivity index (χ4v) is 2.49. The molecule has 0 saturated heterocycles. The van der Waals surface area contributed by atoms with E-state index < -0.39 is 0 Å². The van der Waals surface area contributed by atoms with E-state index in [9.17, 15) is 0 Å². The van der Waals surface area contributed by atoms with Crippen LogP contribution in [0.25, 0.3) is 11.0 Å². The van der Waals surface area contributed by atoms with E-state index in [-0.39, 0.29) is 6.04 Å². The van der Waals surface area contributed by atoms with Crippen LogP contribution in [0.15, 0.2) is 56.0 Å². The molecule has 19 heavy (non-hydrogen) atoms. The van der Waals surface area contributed by atoms with Gasteiger partial charge in [0, 0.05) is 5.39 Å². The normalized spacial score (nSPS) is 12.9. The topological polar surface area (TPSA) is 38.3 Å². The van der Waals surface area contributed by atoms with Crippen LogP contribution in [0.5, 0.6) is 0 Å². The number of furan rings is 2. The van der Waals surface area contributed by atoms with Crippen molar-refractivity contribution in [1.82, 2.24) is 5.32 Å². The van der Waals surface area contributed by atoms with Gasteiger partial charge in [-0.25, -0.2) is 0 Å². The Hall–Kier alpha value is -1.52. The molecule has 0 amide bonds. The molecule has 0 aliphatic carbocycles. The van der Waals surface area contributed by atoms with Crippen LogP contribution in [0.4, 0.5) is 0 Å². The van der Waals surface area contributed by atoms with Gasteiger partial charge in [0.2, 0.25) is 0 Å². The second-order valence-corrected chi connectivity index (χ2v) is 5.10. The Bertz CT molecular complexity index is 653. The molecule has 1 unspecified atom stereocenters. The highest BCUT2D eigenvalue weighted by Crippen LogP contribution is 2.30. The number of nitrogens with one attached hydrogen (secondary N) is 1. The van der Waals surface area contributed by atoms with Crippen molar-refractivity contribution in [3.05, 3.63) is 58.7 Å². The summed E-state index contributed by atoms with van der Waals surface area (Å²) in [6, 6.07) is 13.8. The molecule has 3 aromatic rings. The van der Waals surface area contributed by atoms with Gasteiger partial charge in [-0.05, 0) is 46.7 Å². The van der Waals surface area contributed by atoms with Gasteiger partial charge in [0.15, 0.2) is 4.67 Å². The van der Waals surface area contributed by atoms with Crippen molar-refractivity contribution in [2.24, 2.45) is 0 Å². The Kier molecular flexibility index (Phi) is 3.44. The Morgan fingerprint density at radius 2 is 1.95 bits per heavy atom. The average molecular weight is 320 g/mol. The van der Waals surface area contributed by atoms with E-state index in [1.807, 2.05) is 36.4 Å². The molecule has 0 bridgehead atoms.